The standard InChI is InChI=1S/C51H76BN3O8/c1-10-11-14-35-16-18-36(19-17-35)37-20-22-38(23-21-37)42(57)28-39(15-12-13-24-53)49(61)55-47(34(6)56)44(59)26-32(4)48(60)54-41(25-31(2)3)43(58)27-33(5)52-62-46-30-40-29-45(50(40,7)8)51(46,9)63-52/h16-23,31-34,39-41,45-47,56H,10-15,24-30,53H2,1-9H3,(H,54,60)(H,55,61)/t32-,33-,34-,39-,40+,41+,45+,46?,47+,51+/m1/s1. The van der Waals surface area contributed by atoms with Crippen LogP contribution in [-0.2, 0) is 34.9 Å². The van der Waals surface area contributed by atoms with Gasteiger partial charge in [0.05, 0.1) is 23.9 Å². The van der Waals surface area contributed by atoms with Crippen LogP contribution in [-0.4, -0.2) is 77.8 Å². The number of hydrogen-bond acceptors (Lipinski definition) is 9. The van der Waals surface area contributed by atoms with E-state index in [0.29, 0.717) is 49.6 Å². The summed E-state index contributed by atoms with van der Waals surface area (Å²) in [4.78, 5) is 68.6. The molecule has 0 aromatic heterocycles. The number of amides is 2. The van der Waals surface area contributed by atoms with Crippen molar-refractivity contribution in [3.05, 3.63) is 59.7 Å². The summed E-state index contributed by atoms with van der Waals surface area (Å²) in [6.07, 6.45) is 6.06. The number of ketones is 3. The third-order valence-corrected chi connectivity index (χ3v) is 14.6. The van der Waals surface area contributed by atoms with Gasteiger partial charge in [0.15, 0.2) is 17.3 Å². The van der Waals surface area contributed by atoms with E-state index in [4.69, 9.17) is 15.0 Å². The number of aryl methyl sites for hydroxylation is 1. The fourth-order valence-electron chi connectivity index (χ4n) is 10.3. The molecular formula is C51H76BN3O8. The molecule has 10 atom stereocenters. The molecule has 1 aliphatic heterocycles. The van der Waals surface area contributed by atoms with E-state index in [0.717, 1.165) is 43.2 Å². The van der Waals surface area contributed by atoms with Gasteiger partial charge in [-0.3, -0.25) is 24.0 Å². The molecule has 0 spiro atoms. The summed E-state index contributed by atoms with van der Waals surface area (Å²) >= 11 is 0. The zero-order valence-electron chi connectivity index (χ0n) is 39.5. The lowest BCUT2D eigenvalue weighted by Crippen LogP contribution is -2.65. The zero-order valence-corrected chi connectivity index (χ0v) is 39.5. The van der Waals surface area contributed by atoms with Gasteiger partial charge in [0, 0.05) is 36.7 Å². The maximum absolute atomic E-state index is 13.8. The van der Waals surface area contributed by atoms with Crippen LogP contribution in [0.4, 0.5) is 0 Å². The highest BCUT2D eigenvalue weighted by atomic mass is 16.7. The summed E-state index contributed by atoms with van der Waals surface area (Å²) in [6, 6.07) is 13.8. The molecule has 3 saturated carbocycles. The number of hydrogen-bond donors (Lipinski definition) is 4. The Morgan fingerprint density at radius 1 is 0.825 bits per heavy atom. The van der Waals surface area contributed by atoms with Crippen LogP contribution in [0.2, 0.25) is 5.82 Å². The van der Waals surface area contributed by atoms with E-state index in [1.165, 1.54) is 12.5 Å². The predicted molar refractivity (Wildman–Crippen MR) is 249 cm³/mol. The predicted octanol–water partition coefficient (Wildman–Crippen LogP) is 8.08. The molecule has 12 heteroatoms. The summed E-state index contributed by atoms with van der Waals surface area (Å²) in [5, 5.41) is 16.4. The number of Topliss-reactive ketones (excluding diaryl/α,β-unsaturated/α-hetero) is 3. The fourth-order valence-corrected chi connectivity index (χ4v) is 10.3. The Balaban J connectivity index is 1.16. The van der Waals surface area contributed by atoms with Crippen LogP contribution in [0, 0.1) is 35.0 Å². The lowest BCUT2D eigenvalue weighted by atomic mass is 9.43. The Hall–Kier alpha value is -3.71. The minimum Gasteiger partial charge on any atom is -0.405 e. The third kappa shape index (κ3) is 12.4. The van der Waals surface area contributed by atoms with Crippen molar-refractivity contribution in [3.8, 4) is 11.1 Å². The first-order valence-electron chi connectivity index (χ1n) is 23.9. The topological polar surface area (TPSA) is 174 Å². The summed E-state index contributed by atoms with van der Waals surface area (Å²) in [5.74, 6) is -2.51. The van der Waals surface area contributed by atoms with Crippen molar-refractivity contribution in [1.29, 1.82) is 0 Å². The summed E-state index contributed by atoms with van der Waals surface area (Å²) in [6.45, 7) is 18.4. The van der Waals surface area contributed by atoms with E-state index < -0.39 is 54.7 Å². The van der Waals surface area contributed by atoms with Gasteiger partial charge in [-0.15, -0.1) is 0 Å². The van der Waals surface area contributed by atoms with Crippen molar-refractivity contribution in [3.63, 3.8) is 0 Å². The van der Waals surface area contributed by atoms with E-state index in [9.17, 15) is 29.1 Å². The molecule has 63 heavy (non-hydrogen) atoms. The number of aliphatic hydroxyl groups excluding tert-OH is 1. The van der Waals surface area contributed by atoms with Crippen molar-refractivity contribution in [2.45, 2.75) is 175 Å². The molecule has 4 aliphatic rings. The van der Waals surface area contributed by atoms with Gasteiger partial charge in [0.2, 0.25) is 11.8 Å². The van der Waals surface area contributed by atoms with E-state index in [1.807, 2.05) is 32.9 Å². The highest BCUT2D eigenvalue weighted by Crippen LogP contribution is 2.66. The second-order valence-corrected chi connectivity index (χ2v) is 20.5. The molecule has 6 rings (SSSR count). The SMILES string of the molecule is CCCCc1ccc(-c2ccc(C(=O)C[C@@H](CCCCN)C(=O)N[C@H](C(=O)C[C@@H](C)C(=O)N[C@@H](CC(C)C)C(=O)C[C@@H](C)B3OC4C[C@@H]5C[C@@H](C5(C)C)[C@]4(C)O3)[C@@H](C)O)cc2)cc1. The fraction of sp³-hybridized carbons (Fsp3) is 0.667. The molecule has 346 valence electrons. The summed E-state index contributed by atoms with van der Waals surface area (Å²) in [5.41, 5.74) is 9.40. The molecule has 5 N–H and O–H groups in total. The molecular weight excluding hydrogens is 793 g/mol. The minimum absolute atomic E-state index is 0.00804. The molecule has 2 aromatic rings. The number of unbranched alkanes of at least 4 members (excludes halogenated alkanes) is 2. The average molecular weight is 870 g/mol. The van der Waals surface area contributed by atoms with Crippen LogP contribution in [0.15, 0.2) is 48.5 Å². The first-order chi connectivity index (χ1) is 29.8. The van der Waals surface area contributed by atoms with E-state index in [1.54, 1.807) is 19.1 Å². The lowest BCUT2D eigenvalue weighted by molar-refractivity contribution is -0.199. The number of carbonyl (C=O) groups excluding carboxylic acids is 5. The molecule has 1 heterocycles. The second-order valence-electron chi connectivity index (χ2n) is 20.5. The maximum Gasteiger partial charge on any atom is 0.461 e. The van der Waals surface area contributed by atoms with Crippen molar-refractivity contribution < 1.29 is 38.4 Å². The summed E-state index contributed by atoms with van der Waals surface area (Å²) < 4.78 is 13.1. The van der Waals surface area contributed by atoms with Gasteiger partial charge in [-0.2, -0.15) is 0 Å². The quantitative estimate of drug-likeness (QED) is 0.0437. The molecule has 2 amide bonds. The second kappa shape index (κ2) is 22.0. The van der Waals surface area contributed by atoms with Gasteiger partial charge < -0.3 is 30.8 Å². The first-order valence-corrected chi connectivity index (χ1v) is 23.9. The van der Waals surface area contributed by atoms with Crippen LogP contribution in [0.5, 0.6) is 0 Å². The molecule has 1 saturated heterocycles. The average Bonchev–Trinajstić information content (AvgIpc) is 3.61. The minimum atomic E-state index is -1.30. The Kier molecular flexibility index (Phi) is 17.6. The van der Waals surface area contributed by atoms with Crippen LogP contribution in [0.25, 0.3) is 11.1 Å². The van der Waals surface area contributed by atoms with Crippen LogP contribution in [0.3, 0.4) is 0 Å². The third-order valence-electron chi connectivity index (χ3n) is 14.6. The first kappa shape index (κ1) is 50.3. The Morgan fingerprint density at radius 2 is 1.48 bits per heavy atom. The zero-order chi connectivity index (χ0) is 46.2. The van der Waals surface area contributed by atoms with Crippen molar-refractivity contribution in [2.75, 3.05) is 6.54 Å². The molecule has 1 unspecified atom stereocenters. The van der Waals surface area contributed by atoms with Gasteiger partial charge in [-0.05, 0) is 111 Å². The Bertz CT molecular complexity index is 1880. The van der Waals surface area contributed by atoms with Gasteiger partial charge in [0.1, 0.15) is 6.04 Å². The smallest absolute Gasteiger partial charge is 0.405 e. The lowest BCUT2D eigenvalue weighted by Gasteiger charge is -2.64. The number of aliphatic hydroxyl groups is 1. The summed E-state index contributed by atoms with van der Waals surface area (Å²) in [7, 11) is -0.507. The van der Waals surface area contributed by atoms with Gasteiger partial charge in [-0.1, -0.05) is 110 Å². The molecule has 11 nitrogen and oxygen atoms in total. The van der Waals surface area contributed by atoms with E-state index >= 15 is 0 Å². The highest BCUT2D eigenvalue weighted by Gasteiger charge is 2.68. The van der Waals surface area contributed by atoms with Crippen LogP contribution >= 0.6 is 0 Å². The molecule has 4 fully saturated rings. The Morgan fingerprint density at radius 3 is 2.06 bits per heavy atom. The normalized spacial score (nSPS) is 24.0. The van der Waals surface area contributed by atoms with Gasteiger partial charge >= 0.3 is 7.12 Å². The van der Waals surface area contributed by atoms with Crippen molar-refractivity contribution >= 4 is 36.3 Å². The number of nitrogens with two attached hydrogens (primary N) is 1. The highest BCUT2D eigenvalue weighted by molar-refractivity contribution is 6.47. The van der Waals surface area contributed by atoms with E-state index in [2.05, 4.69) is 62.6 Å². The van der Waals surface area contributed by atoms with Gasteiger partial charge in [-0.25, -0.2) is 0 Å². The largest absolute Gasteiger partial charge is 0.461 e. The number of carbonyl (C=O) groups is 5. The molecule has 0 radical (unpaired) electrons. The molecule has 3 aliphatic carbocycles. The molecule has 2 bridgehead atoms. The van der Waals surface area contributed by atoms with E-state index in [-0.39, 0.29) is 59.7 Å². The number of rotatable bonds is 25. The van der Waals surface area contributed by atoms with Crippen molar-refractivity contribution in [1.82, 2.24) is 10.6 Å². The van der Waals surface area contributed by atoms with Gasteiger partial charge in [0.25, 0.3) is 0 Å². The number of nitrogens with one attached hydrogen (secondary N) is 2. The Labute approximate surface area is 377 Å². The van der Waals surface area contributed by atoms with Crippen molar-refractivity contribution in [2.24, 2.45) is 40.7 Å². The number of benzene rings is 2. The maximum atomic E-state index is 13.8. The monoisotopic (exact) mass is 870 g/mol. The van der Waals surface area contributed by atoms with Crippen LogP contribution < -0.4 is 16.4 Å². The van der Waals surface area contributed by atoms with Crippen LogP contribution in [0.1, 0.15) is 149 Å². The molecule has 2 aromatic carbocycles.